The third kappa shape index (κ3) is 3.84. The maximum Gasteiger partial charge on any atom is 0.234 e. The van der Waals surface area contributed by atoms with Gasteiger partial charge in [-0.2, -0.15) is 0 Å². The van der Waals surface area contributed by atoms with Crippen molar-refractivity contribution < 1.29 is 4.79 Å². The van der Waals surface area contributed by atoms with E-state index in [2.05, 4.69) is 21.2 Å². The minimum Gasteiger partial charge on any atom is -0.351 e. The van der Waals surface area contributed by atoms with Crippen LogP contribution < -0.4 is 5.32 Å². The molecule has 1 atom stereocenters. The maximum absolute atomic E-state index is 11.5. The van der Waals surface area contributed by atoms with Crippen LogP contribution in [0.25, 0.3) is 0 Å². The van der Waals surface area contributed by atoms with Crippen LogP contribution in [-0.2, 0) is 11.3 Å². The average Bonchev–Trinajstić information content (AvgIpc) is 2.26. The van der Waals surface area contributed by atoms with Crippen molar-refractivity contribution in [3.63, 3.8) is 0 Å². The number of alkyl halides is 1. The molecule has 0 aliphatic carbocycles. The third-order valence-corrected chi connectivity index (χ3v) is 3.49. The molecule has 0 saturated carbocycles. The molecule has 0 saturated heterocycles. The van der Waals surface area contributed by atoms with Crippen LogP contribution in [-0.4, -0.2) is 10.7 Å². The number of carbonyl (C=O) groups is 1. The molecular weight excluding hydrogens is 277 g/mol. The summed E-state index contributed by atoms with van der Waals surface area (Å²) >= 11 is 9.25. The Hall–Kier alpha value is -0.540. The molecule has 0 spiro atoms. The zero-order valence-corrected chi connectivity index (χ0v) is 10.8. The number of benzene rings is 1. The number of nitrogens with one attached hydrogen (secondary N) is 1. The standard InChI is InChI=1S/C11H13BrClNO/c1-2-9(12)11(15)14-7-8-5-3-4-6-10(8)13/h3-6,9H,2,7H2,1H3,(H,14,15)/t9-/m1/s1. The highest BCUT2D eigenvalue weighted by Crippen LogP contribution is 2.14. The van der Waals surface area contributed by atoms with E-state index in [-0.39, 0.29) is 10.7 Å². The molecule has 1 rings (SSSR count). The fourth-order valence-electron chi connectivity index (χ4n) is 1.12. The summed E-state index contributed by atoms with van der Waals surface area (Å²) in [4.78, 5) is 11.3. The van der Waals surface area contributed by atoms with Gasteiger partial charge in [-0.25, -0.2) is 0 Å². The minimum atomic E-state index is -0.125. The van der Waals surface area contributed by atoms with E-state index in [1.54, 1.807) is 0 Å². The second kappa shape index (κ2) is 6.13. The van der Waals surface area contributed by atoms with Crippen molar-refractivity contribution in [2.75, 3.05) is 0 Å². The van der Waals surface area contributed by atoms with Gasteiger partial charge < -0.3 is 5.32 Å². The highest BCUT2D eigenvalue weighted by molar-refractivity contribution is 9.10. The highest BCUT2D eigenvalue weighted by atomic mass is 79.9. The summed E-state index contributed by atoms with van der Waals surface area (Å²) in [5.41, 5.74) is 0.934. The van der Waals surface area contributed by atoms with E-state index in [4.69, 9.17) is 11.6 Å². The van der Waals surface area contributed by atoms with Crippen molar-refractivity contribution in [2.24, 2.45) is 0 Å². The summed E-state index contributed by atoms with van der Waals surface area (Å²) in [5, 5.41) is 3.50. The van der Waals surface area contributed by atoms with E-state index in [1.165, 1.54) is 0 Å². The van der Waals surface area contributed by atoms with E-state index in [0.717, 1.165) is 12.0 Å². The summed E-state index contributed by atoms with van der Waals surface area (Å²) in [6.45, 7) is 2.43. The molecule has 0 heterocycles. The molecule has 1 aromatic rings. The topological polar surface area (TPSA) is 29.1 Å². The monoisotopic (exact) mass is 289 g/mol. The highest BCUT2D eigenvalue weighted by Gasteiger charge is 2.11. The van der Waals surface area contributed by atoms with Crippen LogP contribution in [0.3, 0.4) is 0 Å². The second-order valence-electron chi connectivity index (χ2n) is 3.18. The van der Waals surface area contributed by atoms with E-state index in [0.29, 0.717) is 11.6 Å². The molecule has 0 aliphatic heterocycles. The van der Waals surface area contributed by atoms with Crippen LogP contribution >= 0.6 is 27.5 Å². The molecule has 1 N–H and O–H groups in total. The molecule has 0 aliphatic rings. The van der Waals surface area contributed by atoms with Gasteiger partial charge in [-0.3, -0.25) is 4.79 Å². The first kappa shape index (κ1) is 12.5. The predicted molar refractivity (Wildman–Crippen MR) is 66.3 cm³/mol. The van der Waals surface area contributed by atoms with Crippen LogP contribution in [0.15, 0.2) is 24.3 Å². The van der Waals surface area contributed by atoms with Crippen molar-refractivity contribution >= 4 is 33.4 Å². The van der Waals surface area contributed by atoms with Crippen molar-refractivity contribution in [3.05, 3.63) is 34.9 Å². The van der Waals surface area contributed by atoms with Gasteiger partial charge in [-0.05, 0) is 18.1 Å². The Bertz CT molecular complexity index is 343. The maximum atomic E-state index is 11.5. The zero-order valence-electron chi connectivity index (χ0n) is 8.47. The summed E-state index contributed by atoms with van der Waals surface area (Å²) in [7, 11) is 0. The largest absolute Gasteiger partial charge is 0.351 e. The molecule has 15 heavy (non-hydrogen) atoms. The Balaban J connectivity index is 2.51. The predicted octanol–water partition coefficient (Wildman–Crippen LogP) is 3.13. The zero-order chi connectivity index (χ0) is 11.3. The lowest BCUT2D eigenvalue weighted by Crippen LogP contribution is -2.30. The first-order valence-electron chi connectivity index (χ1n) is 4.80. The van der Waals surface area contributed by atoms with Crippen LogP contribution in [0.4, 0.5) is 0 Å². The molecular formula is C11H13BrClNO. The summed E-state index contributed by atoms with van der Waals surface area (Å²) in [5.74, 6) is -0.00239. The summed E-state index contributed by atoms with van der Waals surface area (Å²) < 4.78 is 0. The van der Waals surface area contributed by atoms with Gasteiger partial charge in [0, 0.05) is 11.6 Å². The molecule has 0 aromatic heterocycles. The molecule has 0 fully saturated rings. The first-order chi connectivity index (χ1) is 7.15. The van der Waals surface area contributed by atoms with Crippen molar-refractivity contribution in [1.29, 1.82) is 0 Å². The fraction of sp³-hybridized carbons (Fsp3) is 0.364. The van der Waals surface area contributed by atoms with Gasteiger partial charge >= 0.3 is 0 Å². The Morgan fingerprint density at radius 1 is 1.53 bits per heavy atom. The molecule has 1 aromatic carbocycles. The lowest BCUT2D eigenvalue weighted by atomic mass is 10.2. The quantitative estimate of drug-likeness (QED) is 0.848. The SMILES string of the molecule is CC[C@@H](Br)C(=O)NCc1ccccc1Cl. The van der Waals surface area contributed by atoms with Crippen molar-refractivity contribution in [1.82, 2.24) is 5.32 Å². The van der Waals surface area contributed by atoms with Gasteiger partial charge in [0.15, 0.2) is 0 Å². The number of hydrogen-bond donors (Lipinski definition) is 1. The number of rotatable bonds is 4. The van der Waals surface area contributed by atoms with Crippen LogP contribution in [0, 0.1) is 0 Å². The molecule has 0 bridgehead atoms. The molecule has 4 heteroatoms. The second-order valence-corrected chi connectivity index (χ2v) is 4.70. The van der Waals surface area contributed by atoms with E-state index in [9.17, 15) is 4.79 Å². The molecule has 2 nitrogen and oxygen atoms in total. The van der Waals surface area contributed by atoms with E-state index >= 15 is 0 Å². The average molecular weight is 291 g/mol. The minimum absolute atomic E-state index is 0.00239. The smallest absolute Gasteiger partial charge is 0.234 e. The van der Waals surface area contributed by atoms with Crippen molar-refractivity contribution in [3.8, 4) is 0 Å². The molecule has 0 unspecified atom stereocenters. The summed E-state index contributed by atoms with van der Waals surface area (Å²) in [6.07, 6.45) is 0.772. The summed E-state index contributed by atoms with van der Waals surface area (Å²) in [6, 6.07) is 7.48. The van der Waals surface area contributed by atoms with Gasteiger partial charge in [0.25, 0.3) is 0 Å². The van der Waals surface area contributed by atoms with Crippen molar-refractivity contribution in [2.45, 2.75) is 24.7 Å². The first-order valence-corrected chi connectivity index (χ1v) is 6.09. The number of halogens is 2. The van der Waals surface area contributed by atoms with Crippen LogP contribution in [0.1, 0.15) is 18.9 Å². The van der Waals surface area contributed by atoms with Gasteiger partial charge in [0.1, 0.15) is 0 Å². The number of amides is 1. The lowest BCUT2D eigenvalue weighted by molar-refractivity contribution is -0.120. The van der Waals surface area contributed by atoms with E-state index < -0.39 is 0 Å². The van der Waals surface area contributed by atoms with Crippen LogP contribution in [0.5, 0.6) is 0 Å². The van der Waals surface area contributed by atoms with Crippen LogP contribution in [0.2, 0.25) is 5.02 Å². The van der Waals surface area contributed by atoms with Gasteiger partial charge in [0.2, 0.25) is 5.91 Å². The number of carbonyl (C=O) groups excluding carboxylic acids is 1. The van der Waals surface area contributed by atoms with Gasteiger partial charge in [-0.15, -0.1) is 0 Å². The van der Waals surface area contributed by atoms with E-state index in [1.807, 2.05) is 31.2 Å². The fourth-order valence-corrected chi connectivity index (χ4v) is 1.48. The number of hydrogen-bond acceptors (Lipinski definition) is 1. The third-order valence-electron chi connectivity index (χ3n) is 2.05. The molecule has 1 amide bonds. The normalized spacial score (nSPS) is 12.2. The van der Waals surface area contributed by atoms with Gasteiger partial charge in [0.05, 0.1) is 4.83 Å². The Morgan fingerprint density at radius 3 is 2.80 bits per heavy atom. The lowest BCUT2D eigenvalue weighted by Gasteiger charge is -2.09. The Kier molecular flexibility index (Phi) is 5.12. The molecule has 82 valence electrons. The molecule has 0 radical (unpaired) electrons. The Morgan fingerprint density at radius 2 is 2.20 bits per heavy atom. The Labute approximate surface area is 103 Å². The van der Waals surface area contributed by atoms with Gasteiger partial charge in [-0.1, -0.05) is 52.7 Å².